The van der Waals surface area contributed by atoms with E-state index in [1.807, 2.05) is 0 Å². The highest BCUT2D eigenvalue weighted by molar-refractivity contribution is 5.84. The molecule has 16 heavy (non-hydrogen) atoms. The van der Waals surface area contributed by atoms with Crippen molar-refractivity contribution in [1.29, 1.82) is 0 Å². The Morgan fingerprint density at radius 1 is 1.12 bits per heavy atom. The second-order valence-corrected chi connectivity index (χ2v) is 7.70. The molecule has 0 aliphatic heterocycles. The van der Waals surface area contributed by atoms with E-state index < -0.39 is 0 Å². The van der Waals surface area contributed by atoms with Crippen molar-refractivity contribution in [3.63, 3.8) is 0 Å². The maximum atomic E-state index is 12.4. The molecule has 90 valence electrons. The number of carbonyl (C=O) groups is 1. The second kappa shape index (κ2) is 2.73. The van der Waals surface area contributed by atoms with Crippen molar-refractivity contribution in [3.8, 4) is 0 Å². The molecule has 0 heterocycles. The molecule has 3 rings (SSSR count). The minimum absolute atomic E-state index is 0.271. The molecule has 3 aliphatic rings. The molecule has 3 atom stereocenters. The van der Waals surface area contributed by atoms with Gasteiger partial charge in [0.1, 0.15) is 5.78 Å². The summed E-state index contributed by atoms with van der Waals surface area (Å²) in [7, 11) is 0. The molecule has 2 bridgehead atoms. The van der Waals surface area contributed by atoms with Crippen molar-refractivity contribution in [3.05, 3.63) is 0 Å². The fraction of sp³-hybridized carbons (Fsp3) is 0.933. The van der Waals surface area contributed by atoms with Crippen molar-refractivity contribution in [2.75, 3.05) is 0 Å². The zero-order valence-corrected chi connectivity index (χ0v) is 11.1. The zero-order chi connectivity index (χ0) is 11.8. The normalized spacial score (nSPS) is 48.1. The Bertz CT molecular complexity index is 352. The molecular weight excluding hydrogens is 196 g/mol. The van der Waals surface area contributed by atoms with Gasteiger partial charge in [-0.15, -0.1) is 0 Å². The lowest BCUT2D eigenvalue weighted by Gasteiger charge is -2.54. The minimum atomic E-state index is 0.271. The highest BCUT2D eigenvalue weighted by Gasteiger charge is 2.69. The highest BCUT2D eigenvalue weighted by Crippen LogP contribution is 2.74. The van der Waals surface area contributed by atoms with Gasteiger partial charge < -0.3 is 0 Å². The van der Waals surface area contributed by atoms with Crippen LogP contribution in [0.25, 0.3) is 0 Å². The smallest absolute Gasteiger partial charge is 0.137 e. The molecule has 3 saturated carbocycles. The third-order valence-corrected chi connectivity index (χ3v) is 6.56. The van der Waals surface area contributed by atoms with Gasteiger partial charge in [-0.25, -0.2) is 0 Å². The van der Waals surface area contributed by atoms with Crippen LogP contribution in [0.5, 0.6) is 0 Å². The van der Waals surface area contributed by atoms with Crippen LogP contribution >= 0.6 is 0 Å². The molecule has 0 aromatic heterocycles. The summed E-state index contributed by atoms with van der Waals surface area (Å²) in [6.07, 6.45) is 5.94. The van der Waals surface area contributed by atoms with Crippen LogP contribution in [-0.2, 0) is 4.79 Å². The number of Topliss-reactive ketones (excluding diaryl/α,β-unsaturated/α-hetero) is 1. The predicted molar refractivity (Wildman–Crippen MR) is 65.1 cm³/mol. The maximum absolute atomic E-state index is 12.4. The second-order valence-electron chi connectivity index (χ2n) is 7.70. The van der Waals surface area contributed by atoms with E-state index in [0.29, 0.717) is 22.5 Å². The van der Waals surface area contributed by atoms with Gasteiger partial charge in [0, 0.05) is 12.3 Å². The zero-order valence-electron chi connectivity index (χ0n) is 11.1. The Morgan fingerprint density at radius 3 is 2.44 bits per heavy atom. The Morgan fingerprint density at radius 2 is 1.81 bits per heavy atom. The van der Waals surface area contributed by atoms with Crippen molar-refractivity contribution in [2.45, 2.75) is 59.8 Å². The van der Waals surface area contributed by atoms with Gasteiger partial charge in [-0.05, 0) is 47.8 Å². The van der Waals surface area contributed by atoms with Crippen LogP contribution in [0.3, 0.4) is 0 Å². The predicted octanol–water partition coefficient (Wildman–Crippen LogP) is 3.82. The number of carbonyl (C=O) groups excluding carboxylic acids is 1. The van der Waals surface area contributed by atoms with E-state index in [2.05, 4.69) is 27.7 Å². The molecule has 3 aliphatic carbocycles. The average Bonchev–Trinajstić information content (AvgIpc) is 2.67. The Hall–Kier alpha value is -0.330. The minimum Gasteiger partial charge on any atom is -0.299 e. The fourth-order valence-electron chi connectivity index (χ4n) is 5.48. The molecule has 0 radical (unpaired) electrons. The van der Waals surface area contributed by atoms with E-state index in [-0.39, 0.29) is 5.41 Å². The summed E-state index contributed by atoms with van der Waals surface area (Å²) in [5, 5.41) is 0. The van der Waals surface area contributed by atoms with Crippen molar-refractivity contribution in [2.24, 2.45) is 28.1 Å². The molecule has 3 fully saturated rings. The maximum Gasteiger partial charge on any atom is 0.137 e. The van der Waals surface area contributed by atoms with E-state index in [9.17, 15) is 4.79 Å². The number of rotatable bonds is 0. The fourth-order valence-corrected chi connectivity index (χ4v) is 5.48. The summed E-state index contributed by atoms with van der Waals surface area (Å²) >= 11 is 0. The third kappa shape index (κ3) is 0.966. The Balaban J connectivity index is 2.14. The van der Waals surface area contributed by atoms with E-state index in [1.165, 1.54) is 19.3 Å². The molecule has 1 spiro atoms. The summed E-state index contributed by atoms with van der Waals surface area (Å²) in [4.78, 5) is 12.4. The SMILES string of the molecule is CC1(C)[C@H]2CC[C@]3(C2)[C@@H]1C(=O)CCC3(C)C. The van der Waals surface area contributed by atoms with Gasteiger partial charge in [0.15, 0.2) is 0 Å². The monoisotopic (exact) mass is 220 g/mol. The van der Waals surface area contributed by atoms with Crippen LogP contribution in [-0.4, -0.2) is 5.78 Å². The van der Waals surface area contributed by atoms with Gasteiger partial charge in [0.2, 0.25) is 0 Å². The average molecular weight is 220 g/mol. The van der Waals surface area contributed by atoms with Crippen LogP contribution in [0, 0.1) is 28.1 Å². The standard InChI is InChI=1S/C15H24O/c1-13(2)7-6-11(16)12-14(3,4)10-5-8-15(12,13)9-10/h10,12H,5-9H2,1-4H3/t10-,12+,15-/m0/s1. The molecule has 1 nitrogen and oxygen atoms in total. The molecule has 0 aromatic carbocycles. The first-order valence-electron chi connectivity index (χ1n) is 6.84. The Kier molecular flexibility index (Phi) is 1.85. The van der Waals surface area contributed by atoms with Crippen molar-refractivity contribution < 1.29 is 4.79 Å². The molecule has 1 heteroatoms. The number of ketones is 1. The summed E-state index contributed by atoms with van der Waals surface area (Å²) < 4.78 is 0. The summed E-state index contributed by atoms with van der Waals surface area (Å²) in [6.45, 7) is 9.53. The highest BCUT2D eigenvalue weighted by atomic mass is 16.1. The van der Waals surface area contributed by atoms with Crippen LogP contribution in [0.15, 0.2) is 0 Å². The molecule has 0 N–H and O–H groups in total. The number of hydrogen-bond donors (Lipinski definition) is 0. The number of hydrogen-bond acceptors (Lipinski definition) is 1. The Labute approximate surface area is 99.0 Å². The van der Waals surface area contributed by atoms with E-state index >= 15 is 0 Å². The van der Waals surface area contributed by atoms with Gasteiger partial charge in [0.05, 0.1) is 0 Å². The topological polar surface area (TPSA) is 17.1 Å². The van der Waals surface area contributed by atoms with E-state index in [4.69, 9.17) is 0 Å². The van der Waals surface area contributed by atoms with Gasteiger partial charge in [-0.1, -0.05) is 27.7 Å². The van der Waals surface area contributed by atoms with Crippen LogP contribution in [0.2, 0.25) is 0 Å². The molecule has 0 unspecified atom stereocenters. The third-order valence-electron chi connectivity index (χ3n) is 6.56. The number of fused-ring (bicyclic) bond motifs is 1. The van der Waals surface area contributed by atoms with Crippen LogP contribution < -0.4 is 0 Å². The first-order chi connectivity index (χ1) is 7.31. The first kappa shape index (κ1) is 10.8. The quantitative estimate of drug-likeness (QED) is 0.606. The summed E-state index contributed by atoms with van der Waals surface area (Å²) in [5.41, 5.74) is 1.01. The van der Waals surface area contributed by atoms with Crippen molar-refractivity contribution >= 4 is 5.78 Å². The van der Waals surface area contributed by atoms with Gasteiger partial charge in [-0.3, -0.25) is 4.79 Å². The lowest BCUT2D eigenvalue weighted by molar-refractivity contribution is -0.146. The van der Waals surface area contributed by atoms with Crippen LogP contribution in [0.4, 0.5) is 0 Å². The lowest BCUT2D eigenvalue weighted by Crippen LogP contribution is -2.52. The first-order valence-corrected chi connectivity index (χ1v) is 6.84. The summed E-state index contributed by atoms with van der Waals surface area (Å²) in [5.74, 6) is 1.74. The largest absolute Gasteiger partial charge is 0.299 e. The van der Waals surface area contributed by atoms with Crippen molar-refractivity contribution in [1.82, 2.24) is 0 Å². The lowest BCUT2D eigenvalue weighted by atomic mass is 9.49. The molecule has 0 aromatic rings. The van der Waals surface area contributed by atoms with Gasteiger partial charge in [-0.2, -0.15) is 0 Å². The molecular formula is C15H24O. The summed E-state index contributed by atoms with van der Waals surface area (Å²) in [6, 6.07) is 0. The van der Waals surface area contributed by atoms with E-state index in [0.717, 1.165) is 18.8 Å². The van der Waals surface area contributed by atoms with E-state index in [1.54, 1.807) is 0 Å². The molecule has 0 saturated heterocycles. The van der Waals surface area contributed by atoms with Gasteiger partial charge >= 0.3 is 0 Å². The van der Waals surface area contributed by atoms with Crippen LogP contribution in [0.1, 0.15) is 59.8 Å². The van der Waals surface area contributed by atoms with Gasteiger partial charge in [0.25, 0.3) is 0 Å². The molecule has 0 amide bonds.